The molecule has 4 rings (SSSR count). The van der Waals surface area contributed by atoms with Crippen molar-refractivity contribution in [2.24, 2.45) is 11.8 Å². The zero-order valence-corrected chi connectivity index (χ0v) is 15.6. The van der Waals surface area contributed by atoms with E-state index in [0.717, 1.165) is 36.5 Å². The fourth-order valence-electron chi connectivity index (χ4n) is 4.15. The summed E-state index contributed by atoms with van der Waals surface area (Å²) in [6.07, 6.45) is 3.49. The molecule has 1 saturated heterocycles. The summed E-state index contributed by atoms with van der Waals surface area (Å²) in [6.45, 7) is 0.0784. The second-order valence-corrected chi connectivity index (χ2v) is 7.55. The molecule has 2 fully saturated rings. The molecule has 2 aromatic carbocycles. The summed E-state index contributed by atoms with van der Waals surface area (Å²) in [6, 6.07) is 10.7. The van der Waals surface area contributed by atoms with Crippen LogP contribution in [0.15, 0.2) is 36.4 Å². The normalized spacial score (nSPS) is 22.2. The van der Waals surface area contributed by atoms with Crippen LogP contribution in [0, 0.1) is 11.8 Å². The van der Waals surface area contributed by atoms with Crippen LogP contribution in [-0.4, -0.2) is 29.2 Å². The average molecular weight is 386 g/mol. The molecule has 0 aromatic heterocycles. The summed E-state index contributed by atoms with van der Waals surface area (Å²) < 4.78 is 5.48. The summed E-state index contributed by atoms with van der Waals surface area (Å²) >= 11 is 6.18. The van der Waals surface area contributed by atoms with E-state index in [2.05, 4.69) is 0 Å². The SMILES string of the molecule is O=C(CCN1C(=O)[C@@H]2CCCC[C@H]2C1=O)Oc1ccc(Cl)c2ccccc12. The highest BCUT2D eigenvalue weighted by Crippen LogP contribution is 2.38. The average Bonchev–Trinajstić information content (AvgIpc) is 2.93. The number of amides is 2. The second-order valence-electron chi connectivity index (χ2n) is 7.14. The molecule has 2 aliphatic rings. The Labute approximate surface area is 162 Å². The number of carbonyl (C=O) groups is 3. The number of esters is 1. The van der Waals surface area contributed by atoms with Gasteiger partial charge in [-0.1, -0.05) is 48.7 Å². The predicted octanol–water partition coefficient (Wildman–Crippen LogP) is 3.96. The van der Waals surface area contributed by atoms with Crippen LogP contribution in [0.5, 0.6) is 5.75 Å². The third-order valence-corrected chi connectivity index (χ3v) is 5.86. The Kier molecular flexibility index (Phi) is 4.87. The van der Waals surface area contributed by atoms with Crippen LogP contribution in [-0.2, 0) is 14.4 Å². The number of ether oxygens (including phenoxy) is 1. The Morgan fingerprint density at radius 3 is 2.30 bits per heavy atom. The zero-order chi connectivity index (χ0) is 19.0. The van der Waals surface area contributed by atoms with Gasteiger partial charge in [0, 0.05) is 22.3 Å². The minimum absolute atomic E-state index is 0.0200. The van der Waals surface area contributed by atoms with E-state index in [-0.39, 0.29) is 36.6 Å². The number of nitrogens with zero attached hydrogens (tertiary/aromatic N) is 1. The Bertz CT molecular complexity index is 902. The molecular formula is C21H20ClNO4. The van der Waals surface area contributed by atoms with Gasteiger partial charge < -0.3 is 4.74 Å². The van der Waals surface area contributed by atoms with Gasteiger partial charge in [0.05, 0.1) is 18.3 Å². The minimum Gasteiger partial charge on any atom is -0.426 e. The molecule has 6 heteroatoms. The van der Waals surface area contributed by atoms with Gasteiger partial charge in [0.2, 0.25) is 11.8 Å². The highest BCUT2D eigenvalue weighted by atomic mass is 35.5. The Morgan fingerprint density at radius 1 is 1.00 bits per heavy atom. The number of hydrogen-bond donors (Lipinski definition) is 0. The largest absolute Gasteiger partial charge is 0.426 e. The highest BCUT2D eigenvalue weighted by molar-refractivity contribution is 6.35. The maximum atomic E-state index is 12.5. The number of hydrogen-bond acceptors (Lipinski definition) is 4. The van der Waals surface area contributed by atoms with Crippen molar-refractivity contribution in [3.8, 4) is 5.75 Å². The van der Waals surface area contributed by atoms with E-state index in [9.17, 15) is 14.4 Å². The van der Waals surface area contributed by atoms with Crippen LogP contribution in [0.2, 0.25) is 5.02 Å². The summed E-state index contributed by atoms with van der Waals surface area (Å²) in [7, 11) is 0. The van der Waals surface area contributed by atoms with Crippen molar-refractivity contribution in [2.75, 3.05) is 6.54 Å². The summed E-state index contributed by atoms with van der Waals surface area (Å²) in [5, 5.41) is 2.14. The van der Waals surface area contributed by atoms with Crippen LogP contribution < -0.4 is 4.74 Å². The quantitative estimate of drug-likeness (QED) is 0.454. The topological polar surface area (TPSA) is 63.7 Å². The third-order valence-electron chi connectivity index (χ3n) is 5.53. The molecule has 27 heavy (non-hydrogen) atoms. The molecule has 2 amide bonds. The van der Waals surface area contributed by atoms with Crippen LogP contribution in [0.1, 0.15) is 32.1 Å². The van der Waals surface area contributed by atoms with Gasteiger partial charge in [-0.3, -0.25) is 19.3 Å². The number of fused-ring (bicyclic) bond motifs is 2. The van der Waals surface area contributed by atoms with Gasteiger partial charge in [0.1, 0.15) is 5.75 Å². The molecule has 1 heterocycles. The van der Waals surface area contributed by atoms with Crippen molar-refractivity contribution in [3.63, 3.8) is 0 Å². The molecular weight excluding hydrogens is 366 g/mol. The van der Waals surface area contributed by atoms with Crippen molar-refractivity contribution in [1.82, 2.24) is 4.90 Å². The maximum Gasteiger partial charge on any atom is 0.313 e. The van der Waals surface area contributed by atoms with Gasteiger partial charge in [-0.25, -0.2) is 0 Å². The van der Waals surface area contributed by atoms with E-state index in [0.29, 0.717) is 10.8 Å². The molecule has 2 aromatic rings. The molecule has 1 saturated carbocycles. The van der Waals surface area contributed by atoms with Crippen LogP contribution in [0.3, 0.4) is 0 Å². The minimum atomic E-state index is -0.474. The first kappa shape index (κ1) is 18.0. The van der Waals surface area contributed by atoms with Gasteiger partial charge in [-0.05, 0) is 25.0 Å². The second kappa shape index (κ2) is 7.31. The Balaban J connectivity index is 1.43. The van der Waals surface area contributed by atoms with Gasteiger partial charge in [0.15, 0.2) is 0 Å². The first-order valence-corrected chi connectivity index (χ1v) is 9.67. The van der Waals surface area contributed by atoms with E-state index in [1.165, 1.54) is 4.90 Å². The van der Waals surface area contributed by atoms with Gasteiger partial charge in [-0.2, -0.15) is 0 Å². The maximum absolute atomic E-state index is 12.5. The summed E-state index contributed by atoms with van der Waals surface area (Å²) in [4.78, 5) is 38.5. The first-order chi connectivity index (χ1) is 13.1. The molecule has 1 aliphatic carbocycles. The van der Waals surface area contributed by atoms with Gasteiger partial charge in [0.25, 0.3) is 0 Å². The lowest BCUT2D eigenvalue weighted by Gasteiger charge is -2.19. The monoisotopic (exact) mass is 385 g/mol. The fraction of sp³-hybridized carbons (Fsp3) is 0.381. The number of benzene rings is 2. The fourth-order valence-corrected chi connectivity index (χ4v) is 4.38. The van der Waals surface area contributed by atoms with Crippen LogP contribution in [0.25, 0.3) is 10.8 Å². The van der Waals surface area contributed by atoms with E-state index >= 15 is 0 Å². The van der Waals surface area contributed by atoms with Crippen LogP contribution >= 0.6 is 11.6 Å². The number of imide groups is 1. The summed E-state index contributed by atoms with van der Waals surface area (Å²) in [5.41, 5.74) is 0. The Morgan fingerprint density at radius 2 is 1.63 bits per heavy atom. The van der Waals surface area contributed by atoms with Crippen molar-refractivity contribution in [2.45, 2.75) is 32.1 Å². The molecule has 0 N–H and O–H groups in total. The molecule has 2 atom stereocenters. The van der Waals surface area contributed by atoms with Crippen molar-refractivity contribution in [1.29, 1.82) is 0 Å². The molecule has 0 spiro atoms. The Hall–Kier alpha value is -2.40. The lowest BCUT2D eigenvalue weighted by atomic mass is 9.81. The lowest BCUT2D eigenvalue weighted by Crippen LogP contribution is -2.33. The van der Waals surface area contributed by atoms with E-state index in [1.54, 1.807) is 12.1 Å². The van der Waals surface area contributed by atoms with Gasteiger partial charge >= 0.3 is 5.97 Å². The number of halogens is 1. The molecule has 0 bridgehead atoms. The number of likely N-dealkylation sites (tertiary alicyclic amines) is 1. The third kappa shape index (κ3) is 3.32. The number of rotatable bonds is 4. The van der Waals surface area contributed by atoms with Crippen molar-refractivity contribution < 1.29 is 19.1 Å². The lowest BCUT2D eigenvalue weighted by molar-refractivity contribution is -0.141. The highest BCUT2D eigenvalue weighted by Gasteiger charge is 2.47. The van der Waals surface area contributed by atoms with Crippen molar-refractivity contribution >= 4 is 40.2 Å². The van der Waals surface area contributed by atoms with E-state index in [4.69, 9.17) is 16.3 Å². The predicted molar refractivity (Wildman–Crippen MR) is 101 cm³/mol. The standard InChI is InChI=1S/C21H20ClNO4/c22-17-9-10-18(14-6-2-1-5-13(14)17)27-19(24)11-12-23-20(25)15-7-3-4-8-16(15)21(23)26/h1-2,5-6,9-10,15-16H,3-4,7-8,11-12H2/t15-,16-/m1/s1. The molecule has 0 radical (unpaired) electrons. The van der Waals surface area contributed by atoms with E-state index < -0.39 is 5.97 Å². The summed E-state index contributed by atoms with van der Waals surface area (Å²) in [5.74, 6) is -0.695. The number of carbonyl (C=O) groups excluding carboxylic acids is 3. The molecule has 140 valence electrons. The van der Waals surface area contributed by atoms with Gasteiger partial charge in [-0.15, -0.1) is 0 Å². The van der Waals surface area contributed by atoms with E-state index in [1.807, 2.05) is 24.3 Å². The smallest absolute Gasteiger partial charge is 0.313 e. The molecule has 1 aliphatic heterocycles. The first-order valence-electron chi connectivity index (χ1n) is 9.29. The molecule has 0 unspecified atom stereocenters. The van der Waals surface area contributed by atoms with Crippen molar-refractivity contribution in [3.05, 3.63) is 41.4 Å². The van der Waals surface area contributed by atoms with Crippen LogP contribution in [0.4, 0.5) is 0 Å². The molecule has 5 nitrogen and oxygen atoms in total. The zero-order valence-electron chi connectivity index (χ0n) is 14.8.